The number of fused-ring (bicyclic) bond motifs is 2. The number of hydrogen-bond donors (Lipinski definition) is 3. The molecule has 0 bridgehead atoms. The molecule has 0 unspecified atom stereocenters. The van der Waals surface area contributed by atoms with Crippen LogP contribution in [-0.2, 0) is 0 Å². The molecule has 4 aromatic rings. The molecule has 0 heterocycles. The fourth-order valence-electron chi connectivity index (χ4n) is 3.48. The van der Waals surface area contributed by atoms with Crippen molar-refractivity contribution in [3.8, 4) is 22.6 Å². The Morgan fingerprint density at radius 2 is 1.27 bits per heavy atom. The fraction of sp³-hybridized carbons (Fsp3) is 0.0455. The number of phenols is 2. The van der Waals surface area contributed by atoms with Crippen molar-refractivity contribution in [1.29, 1.82) is 0 Å². The quantitative estimate of drug-likeness (QED) is 0.474. The summed E-state index contributed by atoms with van der Waals surface area (Å²) in [4.78, 5) is 11.6. The van der Waals surface area contributed by atoms with Gasteiger partial charge in [0.2, 0.25) is 0 Å². The monoisotopic (exact) mass is 344 g/mol. The van der Waals surface area contributed by atoms with E-state index in [1.165, 1.54) is 6.07 Å². The van der Waals surface area contributed by atoms with Gasteiger partial charge in [0.1, 0.15) is 17.1 Å². The second-order valence-electron chi connectivity index (χ2n) is 6.31. The van der Waals surface area contributed by atoms with Gasteiger partial charge in [-0.25, -0.2) is 4.79 Å². The van der Waals surface area contributed by atoms with Crippen molar-refractivity contribution in [2.45, 2.75) is 6.92 Å². The first-order valence-corrected chi connectivity index (χ1v) is 8.18. The van der Waals surface area contributed by atoms with Gasteiger partial charge in [-0.05, 0) is 46.2 Å². The minimum Gasteiger partial charge on any atom is -0.507 e. The Morgan fingerprint density at radius 3 is 1.85 bits per heavy atom. The summed E-state index contributed by atoms with van der Waals surface area (Å²) in [6.07, 6.45) is 0. The number of phenolic OH excluding ortho intramolecular Hbond substituents is 1. The molecule has 0 saturated heterocycles. The Kier molecular flexibility index (Phi) is 3.55. The molecule has 3 N–H and O–H groups in total. The summed E-state index contributed by atoms with van der Waals surface area (Å²) >= 11 is 0. The van der Waals surface area contributed by atoms with E-state index in [2.05, 4.69) is 0 Å². The van der Waals surface area contributed by atoms with Crippen molar-refractivity contribution in [2.24, 2.45) is 0 Å². The third-order valence-electron chi connectivity index (χ3n) is 4.71. The summed E-state index contributed by atoms with van der Waals surface area (Å²) in [5.41, 5.74) is 1.24. The molecule has 128 valence electrons. The predicted molar refractivity (Wildman–Crippen MR) is 102 cm³/mol. The number of aromatic hydroxyl groups is 2. The third kappa shape index (κ3) is 2.27. The van der Waals surface area contributed by atoms with E-state index < -0.39 is 5.97 Å². The highest BCUT2D eigenvalue weighted by Gasteiger charge is 2.23. The molecule has 4 heteroatoms. The normalized spacial score (nSPS) is 11.1. The van der Waals surface area contributed by atoms with Crippen LogP contribution in [0.4, 0.5) is 0 Å². The first-order valence-electron chi connectivity index (χ1n) is 8.18. The van der Waals surface area contributed by atoms with Crippen molar-refractivity contribution in [2.75, 3.05) is 0 Å². The van der Waals surface area contributed by atoms with Gasteiger partial charge in [0, 0.05) is 11.1 Å². The zero-order chi connectivity index (χ0) is 18.4. The summed E-state index contributed by atoms with van der Waals surface area (Å²) < 4.78 is 0. The number of rotatable bonds is 2. The third-order valence-corrected chi connectivity index (χ3v) is 4.71. The second-order valence-corrected chi connectivity index (χ2v) is 6.31. The maximum Gasteiger partial charge on any atom is 0.339 e. The molecule has 4 rings (SSSR count). The molecule has 0 saturated carbocycles. The van der Waals surface area contributed by atoms with E-state index in [0.29, 0.717) is 27.5 Å². The molecule has 4 nitrogen and oxygen atoms in total. The van der Waals surface area contributed by atoms with Crippen LogP contribution in [0.5, 0.6) is 11.5 Å². The molecular formula is C22H16O4. The summed E-state index contributed by atoms with van der Waals surface area (Å²) in [6, 6.07) is 18.1. The molecule has 0 spiro atoms. The fourth-order valence-corrected chi connectivity index (χ4v) is 3.48. The van der Waals surface area contributed by atoms with Gasteiger partial charge in [0.25, 0.3) is 0 Å². The molecule has 0 atom stereocenters. The average molecular weight is 344 g/mol. The Labute approximate surface area is 149 Å². The topological polar surface area (TPSA) is 77.8 Å². The van der Waals surface area contributed by atoms with E-state index in [1.807, 2.05) is 48.5 Å². The first-order chi connectivity index (χ1) is 12.5. The van der Waals surface area contributed by atoms with Gasteiger partial charge in [-0.15, -0.1) is 0 Å². The Hall–Kier alpha value is -3.53. The molecule has 0 aliphatic heterocycles. The van der Waals surface area contributed by atoms with Crippen LogP contribution in [0.3, 0.4) is 0 Å². The maximum atomic E-state index is 11.6. The SMILES string of the molecule is Cc1cc2ccccc2c(-c2c(O)c(C(=O)O)cc3ccccc23)c1O. The van der Waals surface area contributed by atoms with Gasteiger partial charge in [-0.2, -0.15) is 0 Å². The van der Waals surface area contributed by atoms with Gasteiger partial charge in [-0.3, -0.25) is 0 Å². The number of aromatic carboxylic acids is 1. The predicted octanol–water partition coefficient (Wildman–Crippen LogP) is 5.08. The Balaban J connectivity index is 2.27. The van der Waals surface area contributed by atoms with Crippen molar-refractivity contribution < 1.29 is 20.1 Å². The van der Waals surface area contributed by atoms with Crippen LogP contribution in [0.25, 0.3) is 32.7 Å². The van der Waals surface area contributed by atoms with Crippen molar-refractivity contribution in [3.05, 3.63) is 71.8 Å². The van der Waals surface area contributed by atoms with Gasteiger partial charge in [0.05, 0.1) is 0 Å². The average Bonchev–Trinajstić information content (AvgIpc) is 2.63. The highest BCUT2D eigenvalue weighted by Crippen LogP contribution is 2.47. The number of aryl methyl sites for hydroxylation is 1. The zero-order valence-corrected chi connectivity index (χ0v) is 14.0. The molecular weight excluding hydrogens is 328 g/mol. The number of carbonyl (C=O) groups is 1. The van der Waals surface area contributed by atoms with Crippen LogP contribution >= 0.6 is 0 Å². The number of hydrogen-bond acceptors (Lipinski definition) is 3. The van der Waals surface area contributed by atoms with Crippen LogP contribution < -0.4 is 0 Å². The summed E-state index contributed by atoms with van der Waals surface area (Å²) in [6.45, 7) is 1.78. The van der Waals surface area contributed by atoms with E-state index in [0.717, 1.165) is 10.8 Å². The number of benzene rings is 4. The smallest absolute Gasteiger partial charge is 0.339 e. The van der Waals surface area contributed by atoms with Crippen LogP contribution in [0.1, 0.15) is 15.9 Å². The molecule has 0 radical (unpaired) electrons. The van der Waals surface area contributed by atoms with Crippen molar-refractivity contribution in [1.82, 2.24) is 0 Å². The van der Waals surface area contributed by atoms with E-state index in [-0.39, 0.29) is 17.1 Å². The van der Waals surface area contributed by atoms with E-state index >= 15 is 0 Å². The van der Waals surface area contributed by atoms with E-state index in [9.17, 15) is 20.1 Å². The zero-order valence-electron chi connectivity index (χ0n) is 14.0. The molecule has 0 fully saturated rings. The van der Waals surface area contributed by atoms with Crippen molar-refractivity contribution >= 4 is 27.5 Å². The Bertz CT molecular complexity index is 1190. The molecule has 0 aliphatic rings. The molecule has 4 aromatic carbocycles. The van der Waals surface area contributed by atoms with E-state index in [1.54, 1.807) is 13.0 Å². The lowest BCUT2D eigenvalue weighted by Crippen LogP contribution is -1.99. The maximum absolute atomic E-state index is 11.6. The largest absolute Gasteiger partial charge is 0.507 e. The van der Waals surface area contributed by atoms with Crippen LogP contribution in [0.15, 0.2) is 60.7 Å². The standard InChI is InChI=1S/C22H16O4/c1-12-10-13-6-2-4-8-15(13)18(20(12)23)19-16-9-5-3-7-14(16)11-17(21(19)24)22(25)26/h2-11,23-24H,1H3,(H,25,26). The van der Waals surface area contributed by atoms with Gasteiger partial charge >= 0.3 is 5.97 Å². The summed E-state index contributed by atoms with van der Waals surface area (Å²) in [7, 11) is 0. The Morgan fingerprint density at radius 1 is 0.769 bits per heavy atom. The summed E-state index contributed by atoms with van der Waals surface area (Å²) in [5, 5.41) is 34.1. The van der Waals surface area contributed by atoms with Gasteiger partial charge in [-0.1, -0.05) is 48.5 Å². The number of carboxylic acids is 1. The minimum atomic E-state index is -1.22. The lowest BCUT2D eigenvalue weighted by Gasteiger charge is -2.17. The minimum absolute atomic E-state index is 0.0340. The molecule has 0 aromatic heterocycles. The van der Waals surface area contributed by atoms with Crippen LogP contribution in [-0.4, -0.2) is 21.3 Å². The highest BCUT2D eigenvalue weighted by atomic mass is 16.4. The van der Waals surface area contributed by atoms with Gasteiger partial charge in [0.15, 0.2) is 0 Å². The highest BCUT2D eigenvalue weighted by molar-refractivity contribution is 6.13. The lowest BCUT2D eigenvalue weighted by molar-refractivity contribution is 0.0694. The molecule has 26 heavy (non-hydrogen) atoms. The number of carboxylic acid groups (broad SMARTS) is 1. The second kappa shape index (κ2) is 5.77. The van der Waals surface area contributed by atoms with Crippen molar-refractivity contribution in [3.63, 3.8) is 0 Å². The summed E-state index contributed by atoms with van der Waals surface area (Å²) in [5.74, 6) is -1.53. The lowest BCUT2D eigenvalue weighted by atomic mass is 9.89. The molecule has 0 aliphatic carbocycles. The van der Waals surface area contributed by atoms with E-state index in [4.69, 9.17) is 0 Å². The molecule has 0 amide bonds. The van der Waals surface area contributed by atoms with Crippen LogP contribution in [0.2, 0.25) is 0 Å². The van der Waals surface area contributed by atoms with Gasteiger partial charge < -0.3 is 15.3 Å². The first kappa shape index (κ1) is 16.0. The van der Waals surface area contributed by atoms with Crippen LogP contribution in [0, 0.1) is 6.92 Å².